The van der Waals surface area contributed by atoms with Crippen molar-refractivity contribution in [1.82, 2.24) is 14.5 Å². The highest BCUT2D eigenvalue weighted by molar-refractivity contribution is 7.99. The van der Waals surface area contributed by atoms with E-state index in [0.29, 0.717) is 29.3 Å². The van der Waals surface area contributed by atoms with Gasteiger partial charge in [0.2, 0.25) is 5.91 Å². The van der Waals surface area contributed by atoms with E-state index in [2.05, 4.69) is 27.7 Å². The van der Waals surface area contributed by atoms with Gasteiger partial charge in [0.15, 0.2) is 5.16 Å². The van der Waals surface area contributed by atoms with Gasteiger partial charge < -0.3 is 9.64 Å². The molecule has 0 spiro atoms. The molecule has 6 nitrogen and oxygen atoms in total. The first-order valence-corrected chi connectivity index (χ1v) is 13.2. The topological polar surface area (TPSA) is 64.4 Å². The summed E-state index contributed by atoms with van der Waals surface area (Å²) in [5.74, 6) is 1.52. The number of nitrogens with zero attached hydrogens (tertiary/aromatic N) is 3. The van der Waals surface area contributed by atoms with Crippen LogP contribution in [0.4, 0.5) is 0 Å². The van der Waals surface area contributed by atoms with E-state index in [1.165, 1.54) is 18.2 Å². The second-order valence-corrected chi connectivity index (χ2v) is 11.3. The molecule has 2 aromatic rings. The molecule has 0 bridgehead atoms. The molecule has 4 heterocycles. The highest BCUT2D eigenvalue weighted by atomic mass is 32.2. The predicted molar refractivity (Wildman–Crippen MR) is 127 cm³/mol. The highest BCUT2D eigenvalue weighted by Crippen LogP contribution is 2.30. The van der Waals surface area contributed by atoms with Crippen molar-refractivity contribution in [2.24, 2.45) is 11.8 Å². The normalized spacial score (nSPS) is 24.3. The SMILES string of the molecule is CCc1c(C)sc2nc(SCC(=O)N3CC(C)CC(C)C3)n(CC3CCCO3)c(=O)c12. The minimum absolute atomic E-state index is 0.0110. The van der Waals surface area contributed by atoms with Gasteiger partial charge in [-0.25, -0.2) is 4.98 Å². The number of hydrogen-bond acceptors (Lipinski definition) is 6. The van der Waals surface area contributed by atoms with Crippen molar-refractivity contribution in [3.63, 3.8) is 0 Å². The Bertz CT molecular complexity index is 1000. The van der Waals surface area contributed by atoms with Crippen LogP contribution in [-0.2, 0) is 22.5 Å². The number of amides is 1. The lowest BCUT2D eigenvalue weighted by Gasteiger charge is -2.35. The Balaban J connectivity index is 1.62. The smallest absolute Gasteiger partial charge is 0.263 e. The second-order valence-electron chi connectivity index (χ2n) is 9.15. The summed E-state index contributed by atoms with van der Waals surface area (Å²) >= 11 is 2.98. The van der Waals surface area contributed by atoms with Crippen molar-refractivity contribution in [3.05, 3.63) is 20.8 Å². The van der Waals surface area contributed by atoms with Crippen molar-refractivity contribution in [1.29, 1.82) is 0 Å². The fourth-order valence-electron chi connectivity index (χ4n) is 5.00. The molecule has 0 N–H and O–H groups in total. The Morgan fingerprint density at radius 1 is 1.29 bits per heavy atom. The number of carbonyl (C=O) groups is 1. The van der Waals surface area contributed by atoms with Crippen LogP contribution in [0.1, 0.15) is 50.5 Å². The number of aryl methyl sites for hydroxylation is 2. The first-order chi connectivity index (χ1) is 14.9. The summed E-state index contributed by atoms with van der Waals surface area (Å²) in [6.07, 6.45) is 4.02. The Morgan fingerprint density at radius 2 is 2.03 bits per heavy atom. The van der Waals surface area contributed by atoms with Crippen LogP contribution in [0.2, 0.25) is 0 Å². The minimum Gasteiger partial charge on any atom is -0.376 e. The molecule has 0 aliphatic carbocycles. The molecule has 31 heavy (non-hydrogen) atoms. The van der Waals surface area contributed by atoms with Crippen LogP contribution in [0, 0.1) is 18.8 Å². The first kappa shape index (κ1) is 22.8. The molecule has 2 aliphatic rings. The zero-order valence-electron chi connectivity index (χ0n) is 19.0. The Morgan fingerprint density at radius 3 is 2.68 bits per heavy atom. The molecule has 170 valence electrons. The molecule has 3 atom stereocenters. The van der Waals surface area contributed by atoms with Gasteiger partial charge in [-0.05, 0) is 50.0 Å². The fourth-order valence-corrected chi connectivity index (χ4v) is 7.07. The molecule has 0 saturated carbocycles. The summed E-state index contributed by atoms with van der Waals surface area (Å²) in [5.41, 5.74) is 1.11. The van der Waals surface area contributed by atoms with Gasteiger partial charge in [0, 0.05) is 24.6 Å². The van der Waals surface area contributed by atoms with Crippen LogP contribution in [-0.4, -0.2) is 51.9 Å². The van der Waals surface area contributed by atoms with E-state index in [1.807, 2.05) is 4.90 Å². The highest BCUT2D eigenvalue weighted by Gasteiger charge is 2.27. The molecule has 2 saturated heterocycles. The number of carbonyl (C=O) groups excluding carboxylic acids is 1. The number of rotatable bonds is 6. The van der Waals surface area contributed by atoms with Crippen molar-refractivity contribution in [2.75, 3.05) is 25.4 Å². The standard InChI is InChI=1S/C23H33N3O3S2/c1-5-18-16(4)31-21-20(18)22(28)26(12-17-7-6-8-29-17)23(24-21)30-13-19(27)25-10-14(2)9-15(3)11-25/h14-15,17H,5-13H2,1-4H3. The van der Waals surface area contributed by atoms with Gasteiger partial charge in [0.1, 0.15) is 4.83 Å². The van der Waals surface area contributed by atoms with Gasteiger partial charge in [-0.2, -0.15) is 0 Å². The average Bonchev–Trinajstić information content (AvgIpc) is 3.34. The van der Waals surface area contributed by atoms with Gasteiger partial charge in [0.05, 0.1) is 23.8 Å². The maximum Gasteiger partial charge on any atom is 0.263 e. The van der Waals surface area contributed by atoms with Crippen LogP contribution in [0.5, 0.6) is 0 Å². The van der Waals surface area contributed by atoms with Crippen LogP contribution in [0.25, 0.3) is 10.2 Å². The number of thioether (sulfide) groups is 1. The maximum absolute atomic E-state index is 13.5. The van der Waals surface area contributed by atoms with Gasteiger partial charge >= 0.3 is 0 Å². The Kier molecular flexibility index (Phi) is 7.08. The Hall–Kier alpha value is -1.38. The lowest BCUT2D eigenvalue weighted by Crippen LogP contribution is -2.43. The molecule has 1 amide bonds. The molecule has 2 aliphatic heterocycles. The minimum atomic E-state index is 0.0110. The predicted octanol–water partition coefficient (Wildman–Crippen LogP) is 4.10. The summed E-state index contributed by atoms with van der Waals surface area (Å²) in [6.45, 7) is 11.5. The molecule has 2 aromatic heterocycles. The molecule has 4 rings (SSSR count). The van der Waals surface area contributed by atoms with Crippen LogP contribution in [0.3, 0.4) is 0 Å². The van der Waals surface area contributed by atoms with Gasteiger partial charge in [0.25, 0.3) is 5.56 Å². The number of likely N-dealkylation sites (tertiary alicyclic amines) is 1. The summed E-state index contributed by atoms with van der Waals surface area (Å²) in [7, 11) is 0. The Labute approximate surface area is 192 Å². The number of fused-ring (bicyclic) bond motifs is 1. The average molecular weight is 464 g/mol. The molecular formula is C23H33N3O3S2. The van der Waals surface area contributed by atoms with Crippen LogP contribution in [0.15, 0.2) is 9.95 Å². The molecule has 2 fully saturated rings. The molecule has 8 heteroatoms. The molecule has 3 unspecified atom stereocenters. The van der Waals surface area contributed by atoms with E-state index in [4.69, 9.17) is 9.72 Å². The van der Waals surface area contributed by atoms with E-state index >= 15 is 0 Å². The van der Waals surface area contributed by atoms with Crippen molar-refractivity contribution in [3.8, 4) is 0 Å². The van der Waals surface area contributed by atoms with Crippen molar-refractivity contribution in [2.45, 2.75) is 71.2 Å². The lowest BCUT2D eigenvalue weighted by molar-refractivity contribution is -0.130. The van der Waals surface area contributed by atoms with E-state index in [-0.39, 0.29) is 17.6 Å². The lowest BCUT2D eigenvalue weighted by atomic mass is 9.92. The van der Waals surface area contributed by atoms with Gasteiger partial charge in [-0.15, -0.1) is 11.3 Å². The summed E-state index contributed by atoms with van der Waals surface area (Å²) in [5, 5.41) is 1.39. The van der Waals surface area contributed by atoms with Gasteiger partial charge in [-0.1, -0.05) is 32.5 Å². The number of thiophene rings is 1. The van der Waals surface area contributed by atoms with Crippen LogP contribution >= 0.6 is 23.1 Å². The fraction of sp³-hybridized carbons (Fsp3) is 0.696. The van der Waals surface area contributed by atoms with Crippen molar-refractivity contribution < 1.29 is 9.53 Å². The zero-order chi connectivity index (χ0) is 22.1. The van der Waals surface area contributed by atoms with E-state index in [0.717, 1.165) is 59.6 Å². The largest absolute Gasteiger partial charge is 0.376 e. The van der Waals surface area contributed by atoms with E-state index < -0.39 is 0 Å². The maximum atomic E-state index is 13.5. The quantitative estimate of drug-likeness (QED) is 0.477. The summed E-state index contributed by atoms with van der Waals surface area (Å²) in [6, 6.07) is 0. The van der Waals surface area contributed by atoms with E-state index in [1.54, 1.807) is 15.9 Å². The summed E-state index contributed by atoms with van der Waals surface area (Å²) < 4.78 is 7.58. The third-order valence-electron chi connectivity index (χ3n) is 6.39. The monoisotopic (exact) mass is 463 g/mol. The van der Waals surface area contributed by atoms with Crippen molar-refractivity contribution >= 4 is 39.2 Å². The number of aromatic nitrogens is 2. The second kappa shape index (κ2) is 9.63. The first-order valence-electron chi connectivity index (χ1n) is 11.4. The third kappa shape index (κ3) is 4.86. The molecule has 0 aromatic carbocycles. The zero-order valence-corrected chi connectivity index (χ0v) is 20.6. The van der Waals surface area contributed by atoms with Crippen LogP contribution < -0.4 is 5.56 Å². The van der Waals surface area contributed by atoms with E-state index in [9.17, 15) is 9.59 Å². The number of piperidine rings is 1. The third-order valence-corrected chi connectivity index (χ3v) is 8.39. The molecular weight excluding hydrogens is 430 g/mol. The van der Waals surface area contributed by atoms with Gasteiger partial charge in [-0.3, -0.25) is 14.2 Å². The number of hydrogen-bond donors (Lipinski definition) is 0. The summed E-state index contributed by atoms with van der Waals surface area (Å²) in [4.78, 5) is 35.3. The number of ether oxygens (including phenoxy) is 1. The molecule has 0 radical (unpaired) electrons.